The van der Waals surface area contributed by atoms with Crippen LogP contribution in [-0.2, 0) is 52.3 Å². The Morgan fingerprint density at radius 1 is 0.643 bits per heavy atom. The average Bonchev–Trinajstić information content (AvgIpc) is 3.38. The molecule has 0 aliphatic carbocycles. The Bertz CT molecular complexity index is 1370. The molecule has 0 saturated carbocycles. The summed E-state index contributed by atoms with van der Waals surface area (Å²) in [5, 5.41) is 0. The van der Waals surface area contributed by atoms with Crippen molar-refractivity contribution in [2.75, 3.05) is 13.2 Å². The molecule has 0 aromatic heterocycles. The number of rotatable bonds is 8. The lowest BCUT2D eigenvalue weighted by Gasteiger charge is -2.23. The number of carbonyl (C=O) groups is 4. The first-order valence-corrected chi connectivity index (χ1v) is 14.5. The van der Waals surface area contributed by atoms with Gasteiger partial charge in [-0.3, -0.25) is 9.59 Å². The fourth-order valence-corrected chi connectivity index (χ4v) is 5.31. The Balaban J connectivity index is 1.91. The van der Waals surface area contributed by atoms with Crippen LogP contribution in [0, 0.1) is 0 Å². The van der Waals surface area contributed by atoms with E-state index in [4.69, 9.17) is 18.9 Å². The highest BCUT2D eigenvalue weighted by Crippen LogP contribution is 2.50. The summed E-state index contributed by atoms with van der Waals surface area (Å²) in [5.74, 6) is -1.06. The first kappa shape index (κ1) is 31.0. The minimum absolute atomic E-state index is 0.139. The first-order valence-electron chi connectivity index (χ1n) is 14.5. The van der Waals surface area contributed by atoms with Crippen molar-refractivity contribution in [2.45, 2.75) is 91.9 Å². The van der Waals surface area contributed by atoms with Gasteiger partial charge in [-0.1, -0.05) is 53.7 Å². The van der Waals surface area contributed by atoms with Crippen molar-refractivity contribution in [2.24, 2.45) is 0 Å². The molecule has 2 aliphatic heterocycles. The molecule has 2 aliphatic rings. The molecule has 0 spiro atoms. The van der Waals surface area contributed by atoms with Gasteiger partial charge in [0.2, 0.25) is 0 Å². The molecule has 0 N–H and O–H groups in total. The molecule has 8 nitrogen and oxygen atoms in total. The molecule has 4 rings (SSSR count). The molecule has 8 heteroatoms. The fourth-order valence-electron chi connectivity index (χ4n) is 5.31. The van der Waals surface area contributed by atoms with Gasteiger partial charge >= 0.3 is 23.9 Å². The van der Waals surface area contributed by atoms with E-state index in [-0.39, 0.29) is 35.9 Å². The summed E-state index contributed by atoms with van der Waals surface area (Å²) < 4.78 is 21.9. The molecule has 0 radical (unpaired) electrons. The summed E-state index contributed by atoms with van der Waals surface area (Å²) in [6.07, 6.45) is 1.17. The van der Waals surface area contributed by atoms with Crippen molar-refractivity contribution < 1.29 is 38.1 Å². The third-order valence-electron chi connectivity index (χ3n) is 7.35. The van der Waals surface area contributed by atoms with E-state index in [1.165, 1.54) is 0 Å². The number of hydrogen-bond donors (Lipinski definition) is 0. The maximum absolute atomic E-state index is 13.5. The third-order valence-corrected chi connectivity index (χ3v) is 7.35. The minimum atomic E-state index is -0.632. The van der Waals surface area contributed by atoms with E-state index in [9.17, 15) is 19.2 Å². The summed E-state index contributed by atoms with van der Waals surface area (Å²) in [4.78, 5) is 51.3. The molecule has 0 atom stereocenters. The molecule has 2 heterocycles. The number of ether oxygens (including phenoxy) is 4. The van der Waals surface area contributed by atoms with Crippen LogP contribution >= 0.6 is 0 Å². The van der Waals surface area contributed by atoms with Crippen molar-refractivity contribution in [1.29, 1.82) is 0 Å². The normalized spacial score (nSPS) is 16.1. The molecule has 0 amide bonds. The molecule has 0 fully saturated rings. The van der Waals surface area contributed by atoms with Crippen LogP contribution in [0.2, 0.25) is 0 Å². The van der Waals surface area contributed by atoms with E-state index >= 15 is 0 Å². The van der Waals surface area contributed by atoms with Crippen LogP contribution in [-0.4, -0.2) is 37.1 Å². The largest absolute Gasteiger partial charge is 0.466 e. The summed E-state index contributed by atoms with van der Waals surface area (Å²) in [6.45, 7) is 16.2. The molecule has 0 unspecified atom stereocenters. The van der Waals surface area contributed by atoms with Crippen LogP contribution in [0.25, 0.3) is 11.1 Å². The standard InChI is InChI=1S/C34H40O8/c1-9-39-25(35)13-11-19-15-21-27(31(37)41-29(21)23(17-19)33(3,4)5)28-22-16-20(12-14-26(36)40-10-2)18-24(34(6,7)8)30(22)42-32(28)38/h15-18H,9-14H2,1-8H3. The summed E-state index contributed by atoms with van der Waals surface area (Å²) >= 11 is 0. The van der Waals surface area contributed by atoms with Crippen LogP contribution in [0.5, 0.6) is 11.5 Å². The van der Waals surface area contributed by atoms with Crippen molar-refractivity contribution >= 4 is 35.0 Å². The average molecular weight is 577 g/mol. The van der Waals surface area contributed by atoms with E-state index < -0.39 is 22.8 Å². The Kier molecular flexibility index (Phi) is 8.67. The van der Waals surface area contributed by atoms with Gasteiger partial charge in [0.1, 0.15) is 11.5 Å². The monoisotopic (exact) mass is 576 g/mol. The fraction of sp³-hybridized carbons (Fsp3) is 0.471. The van der Waals surface area contributed by atoms with E-state index in [0.29, 0.717) is 48.7 Å². The zero-order valence-electron chi connectivity index (χ0n) is 25.8. The Morgan fingerprint density at radius 2 is 1.00 bits per heavy atom. The van der Waals surface area contributed by atoms with Crippen LogP contribution in [0.1, 0.15) is 102 Å². The van der Waals surface area contributed by atoms with E-state index in [2.05, 4.69) is 0 Å². The molecule has 42 heavy (non-hydrogen) atoms. The predicted octanol–water partition coefficient (Wildman–Crippen LogP) is 6.02. The lowest BCUT2D eigenvalue weighted by atomic mass is 9.81. The van der Waals surface area contributed by atoms with Gasteiger partial charge in [0.15, 0.2) is 0 Å². The molecule has 2 aromatic carbocycles. The van der Waals surface area contributed by atoms with E-state index in [0.717, 1.165) is 22.3 Å². The number of esters is 4. The summed E-state index contributed by atoms with van der Waals surface area (Å²) in [5.41, 5.74) is 3.75. The quantitative estimate of drug-likeness (QED) is 0.213. The summed E-state index contributed by atoms with van der Waals surface area (Å²) in [6, 6.07) is 7.53. The highest BCUT2D eigenvalue weighted by atomic mass is 16.6. The van der Waals surface area contributed by atoms with Crippen molar-refractivity contribution in [1.82, 2.24) is 0 Å². The molecule has 0 saturated heterocycles. The van der Waals surface area contributed by atoms with Crippen LogP contribution < -0.4 is 9.47 Å². The van der Waals surface area contributed by atoms with Gasteiger partial charge in [0.05, 0.1) is 24.4 Å². The second-order valence-corrected chi connectivity index (χ2v) is 12.7. The maximum Gasteiger partial charge on any atom is 0.345 e. The number of hydrogen-bond acceptors (Lipinski definition) is 8. The van der Waals surface area contributed by atoms with Crippen LogP contribution in [0.4, 0.5) is 0 Å². The molecule has 2 aromatic rings. The topological polar surface area (TPSA) is 105 Å². The maximum atomic E-state index is 13.5. The third kappa shape index (κ3) is 6.27. The van der Waals surface area contributed by atoms with Gasteiger partial charge in [-0.2, -0.15) is 0 Å². The Morgan fingerprint density at radius 3 is 1.31 bits per heavy atom. The van der Waals surface area contributed by atoms with Gasteiger partial charge < -0.3 is 18.9 Å². The highest BCUT2D eigenvalue weighted by molar-refractivity contribution is 6.41. The summed E-state index contributed by atoms with van der Waals surface area (Å²) in [7, 11) is 0. The van der Waals surface area contributed by atoms with Gasteiger partial charge in [0.25, 0.3) is 0 Å². The highest BCUT2D eigenvalue weighted by Gasteiger charge is 2.42. The van der Waals surface area contributed by atoms with Crippen molar-refractivity contribution in [3.8, 4) is 11.5 Å². The van der Waals surface area contributed by atoms with E-state index in [1.807, 2.05) is 65.8 Å². The van der Waals surface area contributed by atoms with Gasteiger partial charge in [-0.05, 0) is 60.8 Å². The Labute approximate surface area is 247 Å². The Hall–Kier alpha value is -3.94. The molecule has 224 valence electrons. The second-order valence-electron chi connectivity index (χ2n) is 12.7. The second kappa shape index (κ2) is 11.7. The number of carbonyl (C=O) groups excluding carboxylic acids is 4. The lowest BCUT2D eigenvalue weighted by molar-refractivity contribution is -0.144. The van der Waals surface area contributed by atoms with Crippen LogP contribution in [0.3, 0.4) is 0 Å². The van der Waals surface area contributed by atoms with Crippen molar-refractivity contribution in [3.05, 3.63) is 57.6 Å². The molecule has 0 bridgehead atoms. The smallest absolute Gasteiger partial charge is 0.345 e. The van der Waals surface area contributed by atoms with Gasteiger partial charge in [-0.25, -0.2) is 9.59 Å². The van der Waals surface area contributed by atoms with Gasteiger partial charge in [0, 0.05) is 35.1 Å². The first-order chi connectivity index (χ1) is 19.6. The minimum Gasteiger partial charge on any atom is -0.466 e. The number of aryl methyl sites for hydroxylation is 2. The van der Waals surface area contributed by atoms with Crippen LogP contribution in [0.15, 0.2) is 24.3 Å². The molecular formula is C34H40O8. The van der Waals surface area contributed by atoms with Gasteiger partial charge in [-0.15, -0.1) is 0 Å². The van der Waals surface area contributed by atoms with E-state index in [1.54, 1.807) is 13.8 Å². The zero-order chi connectivity index (χ0) is 31.0. The lowest BCUT2D eigenvalue weighted by Crippen LogP contribution is -2.14. The van der Waals surface area contributed by atoms with Crippen molar-refractivity contribution in [3.63, 3.8) is 0 Å². The number of fused-ring (bicyclic) bond motifs is 2. The number of benzene rings is 2. The zero-order valence-corrected chi connectivity index (χ0v) is 25.8. The molecular weight excluding hydrogens is 536 g/mol. The SMILES string of the molecule is CCOC(=O)CCc1cc2c(c(C(C)(C)C)c1)OC(=O)C2=C1C(=O)Oc2c1cc(CCC(=O)OCC)cc2C(C)(C)C. The predicted molar refractivity (Wildman–Crippen MR) is 158 cm³/mol.